The number of rotatable bonds is 6. The molecule has 0 aromatic heterocycles. The minimum atomic E-state index is -1.66. The highest BCUT2D eigenvalue weighted by Crippen LogP contribution is 2.28. The molecule has 2 fully saturated rings. The van der Waals surface area contributed by atoms with E-state index in [9.17, 15) is 35.9 Å². The lowest BCUT2D eigenvalue weighted by Crippen LogP contribution is -2.60. The van der Waals surface area contributed by atoms with Crippen LogP contribution in [0.2, 0.25) is 0 Å². The molecule has 0 radical (unpaired) electrons. The van der Waals surface area contributed by atoms with Crippen LogP contribution in [0, 0.1) is 11.3 Å². The smallest absolute Gasteiger partial charge is 0.188 e. The molecule has 10 atom stereocenters. The van der Waals surface area contributed by atoms with Crippen molar-refractivity contribution in [2.24, 2.45) is 0 Å². The van der Waals surface area contributed by atoms with Gasteiger partial charge in [0.1, 0.15) is 42.7 Å². The molecule has 0 bridgehead atoms. The molecular formula is C19H25NO10. The van der Waals surface area contributed by atoms with Crippen LogP contribution in [-0.2, 0) is 18.9 Å². The van der Waals surface area contributed by atoms with Gasteiger partial charge in [0.25, 0.3) is 0 Å². The molecule has 0 unspecified atom stereocenters. The van der Waals surface area contributed by atoms with E-state index in [-0.39, 0.29) is 6.61 Å². The van der Waals surface area contributed by atoms with E-state index in [1.54, 1.807) is 30.3 Å². The fraction of sp³-hybridized carbons (Fsp3) is 0.632. The van der Waals surface area contributed by atoms with E-state index in [0.29, 0.717) is 5.56 Å². The molecule has 0 amide bonds. The maximum Gasteiger partial charge on any atom is 0.188 e. The summed E-state index contributed by atoms with van der Waals surface area (Å²) in [5.41, 5.74) is 0.510. The summed E-state index contributed by atoms with van der Waals surface area (Å²) in [5.74, 6) is 0. The Morgan fingerprint density at radius 3 is 2.27 bits per heavy atom. The number of nitriles is 1. The molecule has 2 aliphatic heterocycles. The van der Waals surface area contributed by atoms with Crippen LogP contribution in [0.1, 0.15) is 11.7 Å². The molecule has 3 rings (SSSR count). The molecule has 6 N–H and O–H groups in total. The highest BCUT2D eigenvalue weighted by molar-refractivity contribution is 5.22. The Kier molecular flexibility index (Phi) is 7.72. The van der Waals surface area contributed by atoms with E-state index >= 15 is 0 Å². The van der Waals surface area contributed by atoms with Crippen LogP contribution < -0.4 is 0 Å². The lowest BCUT2D eigenvalue weighted by atomic mass is 9.99. The molecule has 2 saturated heterocycles. The Hall–Kier alpha value is -1.69. The van der Waals surface area contributed by atoms with Gasteiger partial charge in [-0.2, -0.15) is 5.26 Å². The molecule has 11 heteroatoms. The van der Waals surface area contributed by atoms with E-state index in [1.165, 1.54) is 0 Å². The molecule has 0 aliphatic carbocycles. The number of aliphatic hydroxyl groups is 6. The molecule has 0 spiro atoms. The largest absolute Gasteiger partial charge is 0.388 e. The minimum Gasteiger partial charge on any atom is -0.388 e. The van der Waals surface area contributed by atoms with E-state index in [1.807, 2.05) is 6.07 Å². The van der Waals surface area contributed by atoms with Crippen molar-refractivity contribution in [2.75, 3.05) is 13.2 Å². The number of benzene rings is 1. The maximum absolute atomic E-state index is 10.2. The average molecular weight is 427 g/mol. The number of nitrogens with zero attached hydrogens (tertiary/aromatic N) is 1. The normalized spacial score (nSPS) is 40.5. The number of hydrogen-bond acceptors (Lipinski definition) is 11. The van der Waals surface area contributed by atoms with E-state index in [2.05, 4.69) is 0 Å². The molecule has 30 heavy (non-hydrogen) atoms. The summed E-state index contributed by atoms with van der Waals surface area (Å²) >= 11 is 0. The zero-order valence-corrected chi connectivity index (χ0v) is 15.8. The summed E-state index contributed by atoms with van der Waals surface area (Å²) in [4.78, 5) is 0. The van der Waals surface area contributed by atoms with Gasteiger partial charge >= 0.3 is 0 Å². The predicted molar refractivity (Wildman–Crippen MR) is 96.3 cm³/mol. The van der Waals surface area contributed by atoms with Crippen molar-refractivity contribution in [1.29, 1.82) is 5.26 Å². The summed E-state index contributed by atoms with van der Waals surface area (Å²) in [5, 5.41) is 69.0. The van der Waals surface area contributed by atoms with Crippen molar-refractivity contribution in [3.8, 4) is 6.07 Å². The monoisotopic (exact) mass is 427 g/mol. The van der Waals surface area contributed by atoms with Crippen molar-refractivity contribution in [2.45, 2.75) is 61.4 Å². The quantitative estimate of drug-likeness (QED) is 0.283. The molecule has 0 saturated carbocycles. The van der Waals surface area contributed by atoms with Gasteiger partial charge in [0, 0.05) is 0 Å². The fourth-order valence-electron chi connectivity index (χ4n) is 3.23. The fourth-order valence-corrected chi connectivity index (χ4v) is 3.23. The van der Waals surface area contributed by atoms with Gasteiger partial charge < -0.3 is 49.6 Å². The SMILES string of the molecule is N#C[C@H](O[C@@H]1O[C@H](CO[C@@H]2OC[C@@H](O)[C@@H](O)[C@@H]2O)[C@@H](O)[C@H](O)[C@H]1O)c1ccccc1. The van der Waals surface area contributed by atoms with E-state index < -0.39 is 68.0 Å². The molecule has 1 aromatic carbocycles. The van der Waals surface area contributed by atoms with Crippen LogP contribution >= 0.6 is 0 Å². The summed E-state index contributed by atoms with van der Waals surface area (Å²) in [6.07, 6.45) is -14.2. The number of aliphatic hydroxyl groups excluding tert-OH is 6. The van der Waals surface area contributed by atoms with Crippen molar-refractivity contribution in [1.82, 2.24) is 0 Å². The Labute approximate surface area is 172 Å². The van der Waals surface area contributed by atoms with Gasteiger partial charge in [-0.05, 0) is 5.56 Å². The Morgan fingerprint density at radius 2 is 1.60 bits per heavy atom. The minimum absolute atomic E-state index is 0.273. The van der Waals surface area contributed by atoms with E-state index in [0.717, 1.165) is 0 Å². The lowest BCUT2D eigenvalue weighted by Gasteiger charge is -2.41. The summed E-state index contributed by atoms with van der Waals surface area (Å²) in [7, 11) is 0. The summed E-state index contributed by atoms with van der Waals surface area (Å²) in [6, 6.07) is 10.4. The maximum atomic E-state index is 10.2. The van der Waals surface area contributed by atoms with Crippen molar-refractivity contribution < 1.29 is 49.6 Å². The second-order valence-corrected chi connectivity index (χ2v) is 7.15. The third-order valence-corrected chi connectivity index (χ3v) is 5.04. The number of hydrogen-bond donors (Lipinski definition) is 6. The third kappa shape index (κ3) is 4.96. The highest BCUT2D eigenvalue weighted by Gasteiger charge is 2.46. The summed E-state index contributed by atoms with van der Waals surface area (Å²) < 4.78 is 21.5. The van der Waals surface area contributed by atoms with Crippen LogP contribution in [0.25, 0.3) is 0 Å². The van der Waals surface area contributed by atoms with Crippen molar-refractivity contribution in [3.63, 3.8) is 0 Å². The molecule has 2 heterocycles. The number of ether oxygens (including phenoxy) is 4. The summed E-state index contributed by atoms with van der Waals surface area (Å²) in [6.45, 7) is -0.678. The van der Waals surface area contributed by atoms with Crippen LogP contribution in [0.3, 0.4) is 0 Å². The third-order valence-electron chi connectivity index (χ3n) is 5.04. The first-order valence-corrected chi connectivity index (χ1v) is 9.40. The molecular weight excluding hydrogens is 402 g/mol. The van der Waals surface area contributed by atoms with Gasteiger partial charge in [0.05, 0.1) is 19.3 Å². The Bertz CT molecular complexity index is 715. The standard InChI is InChI=1S/C19H25NO10/c20-6-11(9-4-2-1-3-5-9)29-19-17(26)15(24)14(23)12(30-19)8-28-18-16(25)13(22)10(21)7-27-18/h1-5,10-19,21-26H,7-8H2/t10-,11+,12-,13-,14-,15+,16+,17-,18+,19-/m1/s1. The van der Waals surface area contributed by atoms with Crippen LogP contribution in [-0.4, -0.2) is 99.2 Å². The first-order chi connectivity index (χ1) is 14.3. The van der Waals surface area contributed by atoms with Gasteiger partial charge in [-0.3, -0.25) is 0 Å². The molecule has 11 nitrogen and oxygen atoms in total. The van der Waals surface area contributed by atoms with E-state index in [4.69, 9.17) is 18.9 Å². The highest BCUT2D eigenvalue weighted by atomic mass is 16.7. The van der Waals surface area contributed by atoms with Gasteiger partial charge in [-0.1, -0.05) is 30.3 Å². The molecule has 2 aliphatic rings. The topological polar surface area (TPSA) is 182 Å². The molecule has 1 aromatic rings. The molecule has 166 valence electrons. The zero-order chi connectivity index (χ0) is 21.8. The van der Waals surface area contributed by atoms with Gasteiger partial charge in [-0.15, -0.1) is 0 Å². The second-order valence-electron chi connectivity index (χ2n) is 7.15. The van der Waals surface area contributed by atoms with Gasteiger partial charge in [0.2, 0.25) is 0 Å². The van der Waals surface area contributed by atoms with Crippen LogP contribution in [0.4, 0.5) is 0 Å². The first-order valence-electron chi connectivity index (χ1n) is 9.40. The van der Waals surface area contributed by atoms with Crippen LogP contribution in [0.5, 0.6) is 0 Å². The first kappa shape index (κ1) is 23.0. The van der Waals surface area contributed by atoms with Gasteiger partial charge in [0.15, 0.2) is 18.7 Å². The second kappa shape index (κ2) is 10.1. The Balaban J connectivity index is 1.63. The lowest BCUT2D eigenvalue weighted by molar-refractivity contribution is -0.325. The average Bonchev–Trinajstić information content (AvgIpc) is 2.76. The Morgan fingerprint density at radius 1 is 0.933 bits per heavy atom. The van der Waals surface area contributed by atoms with Gasteiger partial charge in [-0.25, -0.2) is 0 Å². The van der Waals surface area contributed by atoms with Crippen LogP contribution in [0.15, 0.2) is 30.3 Å². The van der Waals surface area contributed by atoms with Crippen molar-refractivity contribution >= 4 is 0 Å². The zero-order valence-electron chi connectivity index (χ0n) is 15.8. The predicted octanol–water partition coefficient (Wildman–Crippen LogP) is -2.47. The van der Waals surface area contributed by atoms with Crippen molar-refractivity contribution in [3.05, 3.63) is 35.9 Å².